The lowest BCUT2D eigenvalue weighted by molar-refractivity contribution is -0.127. The molecule has 0 aliphatic heterocycles. The van der Waals surface area contributed by atoms with Crippen LogP contribution in [0.1, 0.15) is 6.92 Å². The first-order valence-electron chi connectivity index (χ1n) is 3.33. The third kappa shape index (κ3) is 4.26. The molecule has 1 atom stereocenters. The van der Waals surface area contributed by atoms with Crippen LogP contribution in [0.3, 0.4) is 0 Å². The van der Waals surface area contributed by atoms with Crippen LogP contribution in [0, 0.1) is 0 Å². The molecule has 0 bridgehead atoms. The van der Waals surface area contributed by atoms with E-state index in [9.17, 15) is 14.4 Å². The summed E-state index contributed by atoms with van der Waals surface area (Å²) in [7, 11) is 0. The second-order valence-electron chi connectivity index (χ2n) is 2.19. The number of nitrogens with one attached hydrogen (secondary N) is 2. The molecule has 12 heavy (non-hydrogen) atoms. The van der Waals surface area contributed by atoms with Gasteiger partial charge in [-0.3, -0.25) is 14.4 Å². The van der Waals surface area contributed by atoms with Crippen molar-refractivity contribution in [1.29, 1.82) is 0 Å². The SMILES string of the molecule is CC(NC(=O)CNC=O)C(N)=O. The minimum Gasteiger partial charge on any atom is -0.368 e. The van der Waals surface area contributed by atoms with Gasteiger partial charge in [-0.15, -0.1) is 0 Å². The van der Waals surface area contributed by atoms with Gasteiger partial charge < -0.3 is 16.4 Å². The van der Waals surface area contributed by atoms with E-state index >= 15 is 0 Å². The summed E-state index contributed by atoms with van der Waals surface area (Å²) < 4.78 is 0. The quantitative estimate of drug-likeness (QED) is 0.408. The summed E-state index contributed by atoms with van der Waals surface area (Å²) in [5, 5.41) is 4.43. The molecule has 0 fully saturated rings. The van der Waals surface area contributed by atoms with Gasteiger partial charge >= 0.3 is 0 Å². The predicted molar refractivity (Wildman–Crippen MR) is 40.9 cm³/mol. The number of nitrogens with two attached hydrogens (primary N) is 1. The molecular formula is C6H11N3O3. The van der Waals surface area contributed by atoms with Crippen LogP contribution in [-0.2, 0) is 14.4 Å². The van der Waals surface area contributed by atoms with Crippen molar-refractivity contribution in [3.05, 3.63) is 0 Å². The average molecular weight is 173 g/mol. The Bertz CT molecular complexity index is 192. The first kappa shape index (κ1) is 10.4. The molecule has 0 saturated carbocycles. The Labute approximate surface area is 69.5 Å². The molecule has 0 spiro atoms. The van der Waals surface area contributed by atoms with Gasteiger partial charge in [0.1, 0.15) is 6.04 Å². The molecule has 0 saturated heterocycles. The number of hydrogen-bond acceptors (Lipinski definition) is 3. The maximum absolute atomic E-state index is 10.8. The van der Waals surface area contributed by atoms with E-state index in [1.165, 1.54) is 6.92 Å². The number of carbonyl (C=O) groups is 3. The van der Waals surface area contributed by atoms with Crippen molar-refractivity contribution in [3.63, 3.8) is 0 Å². The molecule has 0 aliphatic rings. The van der Waals surface area contributed by atoms with Crippen molar-refractivity contribution >= 4 is 18.2 Å². The minimum atomic E-state index is -0.717. The number of rotatable bonds is 5. The van der Waals surface area contributed by atoms with Crippen LogP contribution in [0.4, 0.5) is 0 Å². The van der Waals surface area contributed by atoms with E-state index in [1.54, 1.807) is 0 Å². The van der Waals surface area contributed by atoms with E-state index in [-0.39, 0.29) is 6.54 Å². The highest BCUT2D eigenvalue weighted by Crippen LogP contribution is 1.77. The maximum atomic E-state index is 10.8. The molecule has 0 rings (SSSR count). The van der Waals surface area contributed by atoms with E-state index in [1.807, 2.05) is 0 Å². The lowest BCUT2D eigenvalue weighted by atomic mass is 10.3. The van der Waals surface area contributed by atoms with Crippen LogP contribution in [-0.4, -0.2) is 30.8 Å². The number of carbonyl (C=O) groups excluding carboxylic acids is 3. The van der Waals surface area contributed by atoms with Crippen molar-refractivity contribution in [1.82, 2.24) is 10.6 Å². The Hall–Kier alpha value is -1.59. The van der Waals surface area contributed by atoms with Gasteiger partial charge in [0.05, 0.1) is 6.54 Å². The second kappa shape index (κ2) is 5.11. The first-order valence-corrected chi connectivity index (χ1v) is 3.33. The molecule has 1 unspecified atom stereocenters. The van der Waals surface area contributed by atoms with Gasteiger partial charge in [-0.25, -0.2) is 0 Å². The second-order valence-corrected chi connectivity index (χ2v) is 2.19. The lowest BCUT2D eigenvalue weighted by Crippen LogP contribution is -2.45. The maximum Gasteiger partial charge on any atom is 0.240 e. The molecular weight excluding hydrogens is 162 g/mol. The highest BCUT2D eigenvalue weighted by Gasteiger charge is 2.10. The van der Waals surface area contributed by atoms with Crippen LogP contribution >= 0.6 is 0 Å². The van der Waals surface area contributed by atoms with Crippen molar-refractivity contribution in [2.24, 2.45) is 5.73 Å². The third-order valence-electron chi connectivity index (χ3n) is 1.15. The minimum absolute atomic E-state index is 0.152. The van der Waals surface area contributed by atoms with Gasteiger partial charge in [-0.1, -0.05) is 0 Å². The number of primary amides is 1. The topological polar surface area (TPSA) is 101 Å². The zero-order valence-electron chi connectivity index (χ0n) is 6.66. The highest BCUT2D eigenvalue weighted by atomic mass is 16.2. The Balaban J connectivity index is 3.68. The van der Waals surface area contributed by atoms with Gasteiger partial charge in [-0.05, 0) is 6.92 Å². The third-order valence-corrected chi connectivity index (χ3v) is 1.15. The Morgan fingerprint density at radius 2 is 2.17 bits per heavy atom. The summed E-state index contributed by atoms with van der Waals surface area (Å²) in [4.78, 5) is 30.9. The van der Waals surface area contributed by atoms with Crippen LogP contribution in [0.5, 0.6) is 0 Å². The summed E-state index contributed by atoms with van der Waals surface area (Å²) >= 11 is 0. The molecule has 4 N–H and O–H groups in total. The fraction of sp³-hybridized carbons (Fsp3) is 0.500. The van der Waals surface area contributed by atoms with Crippen molar-refractivity contribution in [2.45, 2.75) is 13.0 Å². The monoisotopic (exact) mass is 173 g/mol. The van der Waals surface area contributed by atoms with E-state index in [2.05, 4.69) is 10.6 Å². The van der Waals surface area contributed by atoms with Gasteiger partial charge in [0, 0.05) is 0 Å². The smallest absolute Gasteiger partial charge is 0.240 e. The van der Waals surface area contributed by atoms with Crippen molar-refractivity contribution < 1.29 is 14.4 Å². The highest BCUT2D eigenvalue weighted by molar-refractivity contribution is 5.87. The molecule has 6 nitrogen and oxygen atoms in total. The van der Waals surface area contributed by atoms with Crippen LogP contribution in [0.15, 0.2) is 0 Å². The molecule has 3 amide bonds. The largest absolute Gasteiger partial charge is 0.368 e. The normalized spacial score (nSPS) is 11.4. The molecule has 0 radical (unpaired) electrons. The Morgan fingerprint density at radius 3 is 2.58 bits per heavy atom. The summed E-state index contributed by atoms with van der Waals surface area (Å²) in [6.07, 6.45) is 0.397. The molecule has 6 heteroatoms. The first-order chi connectivity index (χ1) is 5.57. The molecule has 68 valence electrons. The average Bonchev–Trinajstić information content (AvgIpc) is 2.00. The molecule has 0 aromatic rings. The fourth-order valence-electron chi connectivity index (χ4n) is 0.498. The summed E-state index contributed by atoms with van der Waals surface area (Å²) in [5.74, 6) is -1.07. The Kier molecular flexibility index (Phi) is 4.43. The van der Waals surface area contributed by atoms with E-state index in [0.717, 1.165) is 0 Å². The summed E-state index contributed by atoms with van der Waals surface area (Å²) in [5.41, 5.74) is 4.87. The standard InChI is InChI=1S/C6H11N3O3/c1-4(6(7)12)9-5(11)2-8-3-10/h3-4H,2H2,1H3,(H2,7,12)(H,8,10)(H,9,11). The zero-order valence-corrected chi connectivity index (χ0v) is 6.66. The zero-order chi connectivity index (χ0) is 9.56. The number of hydrogen-bond donors (Lipinski definition) is 3. The van der Waals surface area contributed by atoms with Crippen LogP contribution in [0.25, 0.3) is 0 Å². The van der Waals surface area contributed by atoms with Gasteiger partial charge in [-0.2, -0.15) is 0 Å². The van der Waals surface area contributed by atoms with E-state index in [4.69, 9.17) is 5.73 Å². The summed E-state index contributed by atoms with van der Waals surface area (Å²) in [6.45, 7) is 1.31. The van der Waals surface area contributed by atoms with Crippen LogP contribution in [0.2, 0.25) is 0 Å². The van der Waals surface area contributed by atoms with Crippen molar-refractivity contribution in [3.8, 4) is 0 Å². The van der Waals surface area contributed by atoms with Crippen molar-refractivity contribution in [2.75, 3.05) is 6.54 Å². The molecule has 0 heterocycles. The van der Waals surface area contributed by atoms with Gasteiger partial charge in [0.15, 0.2) is 0 Å². The van der Waals surface area contributed by atoms with E-state index < -0.39 is 17.9 Å². The molecule has 0 aliphatic carbocycles. The fourth-order valence-corrected chi connectivity index (χ4v) is 0.498. The molecule has 0 aromatic carbocycles. The predicted octanol–water partition coefficient (Wildman–Crippen LogP) is -2.28. The lowest BCUT2D eigenvalue weighted by Gasteiger charge is -2.08. The molecule has 0 aromatic heterocycles. The van der Waals surface area contributed by atoms with Crippen LogP contribution < -0.4 is 16.4 Å². The van der Waals surface area contributed by atoms with E-state index in [0.29, 0.717) is 6.41 Å². The Morgan fingerprint density at radius 1 is 1.58 bits per heavy atom. The number of amides is 3. The summed E-state index contributed by atoms with van der Waals surface area (Å²) in [6, 6.07) is -0.717. The van der Waals surface area contributed by atoms with Gasteiger partial charge in [0.25, 0.3) is 0 Å². The van der Waals surface area contributed by atoms with Gasteiger partial charge in [0.2, 0.25) is 18.2 Å².